The van der Waals surface area contributed by atoms with Crippen molar-refractivity contribution >= 4 is 17.0 Å². The summed E-state index contributed by atoms with van der Waals surface area (Å²) in [7, 11) is 0. The molecule has 7 heteroatoms. The predicted octanol–water partition coefficient (Wildman–Crippen LogP) is 2.66. The van der Waals surface area contributed by atoms with Gasteiger partial charge in [-0.05, 0) is 12.1 Å². The Morgan fingerprint density at radius 3 is 3.20 bits per heavy atom. The van der Waals surface area contributed by atoms with Crippen LogP contribution in [0.5, 0.6) is 5.75 Å². The van der Waals surface area contributed by atoms with Crippen molar-refractivity contribution in [2.24, 2.45) is 0 Å². The first-order valence-corrected chi connectivity index (χ1v) is 7.08. The van der Waals surface area contributed by atoms with E-state index in [-0.39, 0.29) is 0 Å². The molecular formula is C13H10N4O2S. The second-order valence-corrected chi connectivity index (χ2v) is 4.97. The molecule has 0 aliphatic carbocycles. The number of ether oxygens (including phenoxy) is 1. The van der Waals surface area contributed by atoms with Gasteiger partial charge in [0.2, 0.25) is 5.82 Å². The van der Waals surface area contributed by atoms with Crippen LogP contribution in [0.3, 0.4) is 0 Å². The molecule has 4 rings (SSSR count). The third-order valence-electron chi connectivity index (χ3n) is 3.00. The van der Waals surface area contributed by atoms with Gasteiger partial charge in [-0.1, -0.05) is 11.2 Å². The van der Waals surface area contributed by atoms with Crippen LogP contribution in [0.1, 0.15) is 0 Å². The van der Waals surface area contributed by atoms with Gasteiger partial charge in [0.25, 0.3) is 5.89 Å². The van der Waals surface area contributed by atoms with Crippen LogP contribution in [0.25, 0.3) is 23.0 Å². The summed E-state index contributed by atoms with van der Waals surface area (Å²) in [6, 6.07) is 5.81. The predicted molar refractivity (Wildman–Crippen MR) is 74.8 cm³/mol. The molecule has 100 valence electrons. The molecule has 1 aliphatic rings. The quantitative estimate of drug-likeness (QED) is 0.780. The van der Waals surface area contributed by atoms with Crippen LogP contribution < -0.4 is 10.1 Å². The van der Waals surface area contributed by atoms with Crippen molar-refractivity contribution in [3.05, 3.63) is 29.1 Å². The summed E-state index contributed by atoms with van der Waals surface area (Å²) < 4.78 is 11.0. The SMILES string of the molecule is c1cc2c(c(-c3nc(-c4cscn4)no3)c1)OCCN2. The number of hydrogen-bond acceptors (Lipinski definition) is 7. The highest BCUT2D eigenvalue weighted by molar-refractivity contribution is 7.07. The van der Waals surface area contributed by atoms with Gasteiger partial charge in [0.1, 0.15) is 12.3 Å². The molecule has 0 amide bonds. The van der Waals surface area contributed by atoms with Crippen LogP contribution in [-0.4, -0.2) is 28.3 Å². The fourth-order valence-corrected chi connectivity index (χ4v) is 2.63. The Balaban J connectivity index is 1.78. The number of hydrogen-bond donors (Lipinski definition) is 1. The molecule has 2 aromatic heterocycles. The van der Waals surface area contributed by atoms with Crippen LogP contribution >= 0.6 is 11.3 Å². The van der Waals surface area contributed by atoms with Crippen LogP contribution in [0.15, 0.2) is 33.6 Å². The van der Waals surface area contributed by atoms with E-state index in [1.807, 2.05) is 23.6 Å². The maximum Gasteiger partial charge on any atom is 0.262 e. The molecule has 3 aromatic rings. The van der Waals surface area contributed by atoms with E-state index in [0.29, 0.717) is 24.0 Å². The van der Waals surface area contributed by atoms with Gasteiger partial charge >= 0.3 is 0 Å². The number of nitrogens with one attached hydrogen (secondary N) is 1. The lowest BCUT2D eigenvalue weighted by Crippen LogP contribution is -2.18. The summed E-state index contributed by atoms with van der Waals surface area (Å²) in [5.74, 6) is 1.68. The Labute approximate surface area is 118 Å². The minimum atomic E-state index is 0.438. The van der Waals surface area contributed by atoms with Gasteiger partial charge in [0.15, 0.2) is 5.75 Å². The van der Waals surface area contributed by atoms with Crippen LogP contribution in [0, 0.1) is 0 Å². The molecular weight excluding hydrogens is 276 g/mol. The van der Waals surface area contributed by atoms with Crippen LogP contribution in [-0.2, 0) is 0 Å². The van der Waals surface area contributed by atoms with E-state index in [0.717, 1.165) is 23.5 Å². The molecule has 0 bridgehead atoms. The number of nitrogens with zero attached hydrogens (tertiary/aromatic N) is 3. The van der Waals surface area contributed by atoms with Crippen molar-refractivity contribution in [1.29, 1.82) is 0 Å². The second kappa shape index (κ2) is 4.61. The van der Waals surface area contributed by atoms with E-state index in [9.17, 15) is 0 Å². The van der Waals surface area contributed by atoms with Gasteiger partial charge in [0, 0.05) is 11.9 Å². The van der Waals surface area contributed by atoms with Crippen LogP contribution in [0.4, 0.5) is 5.69 Å². The fourth-order valence-electron chi connectivity index (χ4n) is 2.10. The second-order valence-electron chi connectivity index (χ2n) is 4.25. The molecule has 0 radical (unpaired) electrons. The highest BCUT2D eigenvalue weighted by Gasteiger charge is 2.20. The topological polar surface area (TPSA) is 73.1 Å². The molecule has 0 saturated carbocycles. The lowest BCUT2D eigenvalue weighted by Gasteiger charge is -2.20. The zero-order valence-electron chi connectivity index (χ0n) is 10.4. The molecule has 1 aromatic carbocycles. The zero-order valence-corrected chi connectivity index (χ0v) is 11.2. The average Bonchev–Trinajstić information content (AvgIpc) is 3.17. The number of rotatable bonds is 2. The smallest absolute Gasteiger partial charge is 0.262 e. The molecule has 1 N–H and O–H groups in total. The molecule has 6 nitrogen and oxygen atoms in total. The number of anilines is 1. The van der Waals surface area contributed by atoms with E-state index in [4.69, 9.17) is 9.26 Å². The number of para-hydroxylation sites is 1. The number of benzene rings is 1. The lowest BCUT2D eigenvalue weighted by molar-refractivity contribution is 0.322. The van der Waals surface area contributed by atoms with E-state index in [2.05, 4.69) is 20.4 Å². The third kappa shape index (κ3) is 1.83. The molecule has 1 aliphatic heterocycles. The summed E-state index contributed by atoms with van der Waals surface area (Å²) in [5, 5.41) is 9.13. The molecule has 20 heavy (non-hydrogen) atoms. The van der Waals surface area contributed by atoms with Gasteiger partial charge in [-0.25, -0.2) is 4.98 Å². The monoisotopic (exact) mass is 286 g/mol. The average molecular weight is 286 g/mol. The highest BCUT2D eigenvalue weighted by Crippen LogP contribution is 2.37. The third-order valence-corrected chi connectivity index (χ3v) is 3.58. The highest BCUT2D eigenvalue weighted by atomic mass is 32.1. The van der Waals surface area contributed by atoms with Gasteiger partial charge in [-0.2, -0.15) is 4.98 Å². The molecule has 0 fully saturated rings. The van der Waals surface area contributed by atoms with Crippen LogP contribution in [0.2, 0.25) is 0 Å². The molecule has 0 spiro atoms. The van der Waals surface area contributed by atoms with E-state index in [1.165, 1.54) is 11.3 Å². The summed E-state index contributed by atoms with van der Waals surface area (Å²) in [4.78, 5) is 8.56. The fraction of sp³-hybridized carbons (Fsp3) is 0.154. The minimum absolute atomic E-state index is 0.438. The first-order valence-electron chi connectivity index (χ1n) is 6.14. The van der Waals surface area contributed by atoms with Gasteiger partial charge in [-0.3, -0.25) is 0 Å². The van der Waals surface area contributed by atoms with Crippen molar-refractivity contribution in [2.45, 2.75) is 0 Å². The Hall–Kier alpha value is -2.41. The summed E-state index contributed by atoms with van der Waals surface area (Å²) in [5.41, 5.74) is 4.20. The van der Waals surface area contributed by atoms with Gasteiger partial charge < -0.3 is 14.6 Å². The number of aromatic nitrogens is 3. The van der Waals surface area contributed by atoms with Crippen molar-refractivity contribution in [3.8, 4) is 28.7 Å². The van der Waals surface area contributed by atoms with Gasteiger partial charge in [0.05, 0.1) is 16.8 Å². The lowest BCUT2D eigenvalue weighted by atomic mass is 10.1. The largest absolute Gasteiger partial charge is 0.489 e. The first kappa shape index (κ1) is 11.4. The molecule has 0 atom stereocenters. The first-order chi connectivity index (χ1) is 9.92. The van der Waals surface area contributed by atoms with Gasteiger partial charge in [-0.15, -0.1) is 11.3 Å². The molecule has 0 unspecified atom stereocenters. The van der Waals surface area contributed by atoms with Crippen molar-refractivity contribution < 1.29 is 9.26 Å². The summed E-state index contributed by atoms with van der Waals surface area (Å²) in [6.45, 7) is 1.42. The van der Waals surface area contributed by atoms with Crippen molar-refractivity contribution in [2.75, 3.05) is 18.5 Å². The minimum Gasteiger partial charge on any atom is -0.489 e. The Morgan fingerprint density at radius 1 is 1.30 bits per heavy atom. The Bertz CT molecular complexity index is 739. The summed E-state index contributed by atoms with van der Waals surface area (Å²) in [6.07, 6.45) is 0. The standard InChI is InChI=1S/C13H10N4O2S/c1-2-8(11-9(3-1)14-4-5-18-11)13-16-12(17-19-13)10-6-20-7-15-10/h1-3,6-7,14H,4-5H2. The maximum atomic E-state index is 5.71. The maximum absolute atomic E-state index is 5.71. The van der Waals surface area contributed by atoms with Crippen molar-refractivity contribution in [1.82, 2.24) is 15.1 Å². The Morgan fingerprint density at radius 2 is 2.30 bits per heavy atom. The van der Waals surface area contributed by atoms with Crippen molar-refractivity contribution in [3.63, 3.8) is 0 Å². The van der Waals surface area contributed by atoms with E-state index >= 15 is 0 Å². The Kier molecular flexibility index (Phi) is 2.63. The van der Waals surface area contributed by atoms with E-state index in [1.54, 1.807) is 5.51 Å². The molecule has 0 saturated heterocycles. The normalized spacial score (nSPS) is 13.4. The zero-order chi connectivity index (χ0) is 13.4. The van der Waals surface area contributed by atoms with E-state index < -0.39 is 0 Å². The number of fused-ring (bicyclic) bond motifs is 1. The summed E-state index contributed by atoms with van der Waals surface area (Å²) >= 11 is 1.49. The molecule has 3 heterocycles. The number of thiazole rings is 1.